The quantitative estimate of drug-likeness (QED) is 0.203. The second-order valence-corrected chi connectivity index (χ2v) is 11.0. The third-order valence-electron chi connectivity index (χ3n) is 4.14. The van der Waals surface area contributed by atoms with Gasteiger partial charge in [-0.3, -0.25) is 4.57 Å². The summed E-state index contributed by atoms with van der Waals surface area (Å²) in [5.41, 5.74) is 3.99. The number of aliphatic hydroxyl groups excluding tert-OH is 1. The summed E-state index contributed by atoms with van der Waals surface area (Å²) < 4.78 is 22.9. The summed E-state index contributed by atoms with van der Waals surface area (Å²) >= 11 is 0. The van der Waals surface area contributed by atoms with Crippen LogP contribution in [0.2, 0.25) is 0 Å². The molecule has 26 heavy (non-hydrogen) atoms. The topological polar surface area (TPSA) is 94.8 Å². The van der Waals surface area contributed by atoms with Gasteiger partial charge in [0.2, 0.25) is 6.35 Å². The van der Waals surface area contributed by atoms with Crippen LogP contribution in [0.15, 0.2) is 34.9 Å². The normalized spacial score (nSPS) is 15.0. The second kappa shape index (κ2) is 13.6. The van der Waals surface area contributed by atoms with Gasteiger partial charge in [0, 0.05) is 6.42 Å². The minimum atomic E-state index is -4.43. The smallest absolute Gasteiger partial charge is 0.353 e. The van der Waals surface area contributed by atoms with Crippen LogP contribution in [0.1, 0.15) is 72.6 Å². The molecule has 0 fully saturated rings. The second-order valence-electron chi connectivity index (χ2n) is 7.02. The van der Waals surface area contributed by atoms with Gasteiger partial charge in [-0.2, -0.15) is 0 Å². The van der Waals surface area contributed by atoms with Gasteiger partial charge in [-0.05, 0) is 66.2 Å². The van der Waals surface area contributed by atoms with Crippen molar-refractivity contribution in [3.05, 3.63) is 34.9 Å². The van der Waals surface area contributed by atoms with Gasteiger partial charge < -0.3 is 14.9 Å². The molecule has 2 unspecified atom stereocenters. The highest BCUT2D eigenvalue weighted by Crippen LogP contribution is 2.55. The number of rotatable bonds is 13. The molecule has 150 valence electrons. The number of unbranched alkanes of at least 4 members (excludes halogenated alkanes) is 1. The highest BCUT2D eigenvalue weighted by molar-refractivity contribution is 7.67. The maximum absolute atomic E-state index is 11.6. The lowest BCUT2D eigenvalue weighted by Gasteiger charge is -2.08. The fraction of sp³-hybridized carbons (Fsp3) is 0.684. The molecular weight excluding hydrogens is 370 g/mol. The Morgan fingerprint density at radius 3 is 1.92 bits per heavy atom. The van der Waals surface area contributed by atoms with Crippen molar-refractivity contribution in [1.29, 1.82) is 0 Å². The highest BCUT2D eigenvalue weighted by atomic mass is 31.2. The van der Waals surface area contributed by atoms with Gasteiger partial charge >= 0.3 is 15.4 Å². The van der Waals surface area contributed by atoms with Crippen molar-refractivity contribution in [2.75, 3.05) is 6.35 Å². The molecule has 0 amide bonds. The predicted molar refractivity (Wildman–Crippen MR) is 110 cm³/mol. The molecule has 0 aromatic rings. The van der Waals surface area contributed by atoms with E-state index in [0.717, 1.165) is 25.7 Å². The van der Waals surface area contributed by atoms with Gasteiger partial charge in [-0.1, -0.05) is 39.5 Å². The summed E-state index contributed by atoms with van der Waals surface area (Å²) in [7, 11) is -6.71. The first-order chi connectivity index (χ1) is 12.1. The summed E-state index contributed by atoms with van der Waals surface area (Å²) in [6, 6.07) is 0. The first-order valence-corrected chi connectivity index (χ1v) is 12.3. The molecule has 0 heterocycles. The molecule has 0 rings (SSSR count). The van der Waals surface area contributed by atoms with E-state index in [1.54, 1.807) is 0 Å². The maximum Gasteiger partial charge on any atom is 0.382 e. The Kier molecular flexibility index (Phi) is 13.3. The van der Waals surface area contributed by atoms with Crippen LogP contribution in [0.5, 0.6) is 0 Å². The number of hydrogen-bond acceptors (Lipinski definition) is 3. The Morgan fingerprint density at radius 1 is 0.962 bits per heavy atom. The van der Waals surface area contributed by atoms with Crippen LogP contribution in [0.25, 0.3) is 0 Å². The Bertz CT molecular complexity index is 568. The molecule has 0 aliphatic heterocycles. The third kappa shape index (κ3) is 12.7. The zero-order chi connectivity index (χ0) is 20.2. The van der Waals surface area contributed by atoms with Gasteiger partial charge in [0.15, 0.2) is 0 Å². The van der Waals surface area contributed by atoms with Crippen molar-refractivity contribution in [3.8, 4) is 0 Å². The van der Waals surface area contributed by atoms with Crippen molar-refractivity contribution in [2.45, 2.75) is 78.0 Å². The Balaban J connectivity index is 4.23. The monoisotopic (exact) mass is 405 g/mol. The molecule has 0 aromatic heterocycles. The van der Waals surface area contributed by atoms with Gasteiger partial charge in [0.1, 0.15) is 0 Å². The molecule has 0 aliphatic carbocycles. The zero-order valence-electron chi connectivity index (χ0n) is 16.5. The zero-order valence-corrected chi connectivity index (χ0v) is 18.3. The van der Waals surface area contributed by atoms with E-state index in [1.165, 1.54) is 16.7 Å². The van der Waals surface area contributed by atoms with E-state index >= 15 is 0 Å². The average Bonchev–Trinajstić information content (AvgIpc) is 2.52. The fourth-order valence-electron chi connectivity index (χ4n) is 2.56. The third-order valence-corrected chi connectivity index (χ3v) is 8.05. The van der Waals surface area contributed by atoms with E-state index < -0.39 is 27.1 Å². The Hall–Kier alpha value is -0.570. The minimum Gasteiger partial charge on any atom is -0.353 e. The minimum absolute atomic E-state index is 0.160. The van der Waals surface area contributed by atoms with Crippen LogP contribution in [0.4, 0.5) is 0 Å². The average molecular weight is 405 g/mol. The van der Waals surface area contributed by atoms with E-state index in [-0.39, 0.29) is 6.42 Å². The molecule has 0 saturated carbocycles. The summed E-state index contributed by atoms with van der Waals surface area (Å²) in [5.74, 6) is 0. The van der Waals surface area contributed by atoms with Crippen LogP contribution < -0.4 is 0 Å². The van der Waals surface area contributed by atoms with Gasteiger partial charge in [-0.15, -0.1) is 0 Å². The van der Waals surface area contributed by atoms with E-state index in [9.17, 15) is 18.9 Å². The summed E-state index contributed by atoms with van der Waals surface area (Å²) in [4.78, 5) is 18.5. The van der Waals surface area contributed by atoms with E-state index in [2.05, 4.69) is 45.9 Å². The SMILES string of the molecule is CC(C)=CCC/C(C)=C/CC/C(C)=C/CCCC([P+](=O)CO)P(=O)(O)O. The van der Waals surface area contributed by atoms with Gasteiger partial charge in [-0.25, -0.2) is 0 Å². The predicted octanol–water partition coefficient (Wildman–Crippen LogP) is 5.86. The lowest BCUT2D eigenvalue weighted by molar-refractivity contribution is 0.350. The fourth-order valence-corrected chi connectivity index (χ4v) is 5.30. The van der Waals surface area contributed by atoms with Crippen LogP contribution in [-0.4, -0.2) is 26.6 Å². The molecule has 0 saturated heterocycles. The lowest BCUT2D eigenvalue weighted by Crippen LogP contribution is -2.05. The van der Waals surface area contributed by atoms with Crippen LogP contribution in [-0.2, 0) is 9.13 Å². The highest BCUT2D eigenvalue weighted by Gasteiger charge is 2.43. The lowest BCUT2D eigenvalue weighted by atomic mass is 10.1. The van der Waals surface area contributed by atoms with E-state index in [4.69, 9.17) is 5.11 Å². The molecule has 7 heteroatoms. The Morgan fingerprint density at radius 2 is 1.46 bits per heavy atom. The molecule has 3 N–H and O–H groups in total. The molecule has 0 aliphatic rings. The van der Waals surface area contributed by atoms with Crippen molar-refractivity contribution in [1.82, 2.24) is 0 Å². The molecule has 0 radical (unpaired) electrons. The summed E-state index contributed by atoms with van der Waals surface area (Å²) in [6.07, 6.45) is 11.4. The van der Waals surface area contributed by atoms with E-state index in [0.29, 0.717) is 12.8 Å². The van der Waals surface area contributed by atoms with Gasteiger partial charge in [0.05, 0.1) is 0 Å². The number of allylic oxidation sites excluding steroid dienone is 6. The number of hydrogen-bond donors (Lipinski definition) is 3. The van der Waals surface area contributed by atoms with Crippen LogP contribution in [0.3, 0.4) is 0 Å². The summed E-state index contributed by atoms with van der Waals surface area (Å²) in [5, 5.41) is 7.65. The maximum atomic E-state index is 11.6. The summed E-state index contributed by atoms with van der Waals surface area (Å²) in [6.45, 7) is 8.43. The molecule has 2 atom stereocenters. The molecule has 0 aromatic carbocycles. The molecule has 0 spiro atoms. The van der Waals surface area contributed by atoms with Crippen molar-refractivity contribution >= 4 is 15.4 Å². The van der Waals surface area contributed by atoms with Crippen molar-refractivity contribution < 1.29 is 24.0 Å². The largest absolute Gasteiger partial charge is 0.382 e. The van der Waals surface area contributed by atoms with Crippen LogP contribution in [0, 0.1) is 0 Å². The van der Waals surface area contributed by atoms with Crippen LogP contribution >= 0.6 is 15.4 Å². The number of aliphatic hydroxyl groups is 1. The Labute approximate surface area is 159 Å². The van der Waals surface area contributed by atoms with E-state index in [1.807, 2.05) is 0 Å². The standard InChI is InChI=1S/C19H34O5P2/c1-16(2)9-7-11-18(4)13-8-12-17(3)10-5-6-14-19(25(21)15-20)26(22,23)24/h9-10,13,19-20H,5-8,11-12,14-15H2,1-4H3,(H-,22,23,24)/p+1/b17-10+,18-13+. The molecule has 0 bridgehead atoms. The first kappa shape index (κ1) is 25.4. The van der Waals surface area contributed by atoms with Crippen molar-refractivity contribution in [2.24, 2.45) is 0 Å². The van der Waals surface area contributed by atoms with Gasteiger partial charge in [0.25, 0.3) is 5.40 Å². The van der Waals surface area contributed by atoms with Crippen molar-refractivity contribution in [3.63, 3.8) is 0 Å². The molecular formula is C19H35O5P2+. The molecule has 5 nitrogen and oxygen atoms in total. The first-order valence-electron chi connectivity index (χ1n) is 9.12.